The van der Waals surface area contributed by atoms with Crippen LogP contribution in [-0.4, -0.2) is 18.5 Å². The molecule has 0 radical (unpaired) electrons. The van der Waals surface area contributed by atoms with Crippen LogP contribution in [0.5, 0.6) is 0 Å². The number of nitrogens with one attached hydrogen (secondary N) is 1. The van der Waals surface area contributed by atoms with Gasteiger partial charge in [-0.1, -0.05) is 42.6 Å². The molecular formula is C20H21Cl2NO3. The van der Waals surface area contributed by atoms with E-state index < -0.39 is 0 Å². The molecule has 138 valence electrons. The van der Waals surface area contributed by atoms with Crippen molar-refractivity contribution in [3.8, 4) is 0 Å². The lowest BCUT2D eigenvalue weighted by Gasteiger charge is -2.08. The van der Waals surface area contributed by atoms with Crippen LogP contribution in [0, 0.1) is 0 Å². The summed E-state index contributed by atoms with van der Waals surface area (Å²) in [7, 11) is 0. The number of carbonyl (C=O) groups excluding carboxylic acids is 2. The van der Waals surface area contributed by atoms with Crippen molar-refractivity contribution in [3.63, 3.8) is 0 Å². The number of esters is 1. The first kappa shape index (κ1) is 20.3. The first-order chi connectivity index (χ1) is 12.5. The van der Waals surface area contributed by atoms with Crippen LogP contribution in [0.2, 0.25) is 10.0 Å². The lowest BCUT2D eigenvalue weighted by molar-refractivity contribution is -0.116. The second kappa shape index (κ2) is 10.2. The Bertz CT molecular complexity index is 760. The minimum Gasteiger partial charge on any atom is -0.462 e. The number of halogens is 2. The van der Waals surface area contributed by atoms with E-state index in [0.29, 0.717) is 40.7 Å². The molecule has 0 aliphatic heterocycles. The van der Waals surface area contributed by atoms with Crippen LogP contribution < -0.4 is 5.32 Å². The van der Waals surface area contributed by atoms with E-state index in [-0.39, 0.29) is 11.9 Å². The Balaban J connectivity index is 1.83. The van der Waals surface area contributed by atoms with E-state index in [1.165, 1.54) is 0 Å². The lowest BCUT2D eigenvalue weighted by atomic mass is 10.1. The number of hydrogen-bond acceptors (Lipinski definition) is 3. The summed E-state index contributed by atoms with van der Waals surface area (Å²) in [6.07, 6.45) is 2.70. The summed E-state index contributed by atoms with van der Waals surface area (Å²) in [5, 5.41) is 3.78. The SMILES string of the molecule is CCCCOC(=O)c1ccc(NC(=O)CCc2ccc(Cl)c(Cl)c2)cc1. The van der Waals surface area contributed by atoms with Gasteiger partial charge >= 0.3 is 5.97 Å². The molecule has 0 heterocycles. The number of unbranched alkanes of at least 4 members (excludes halogenated alkanes) is 1. The molecule has 2 aromatic carbocycles. The van der Waals surface area contributed by atoms with Crippen molar-refractivity contribution in [1.29, 1.82) is 0 Å². The summed E-state index contributed by atoms with van der Waals surface area (Å²) in [6, 6.07) is 12.0. The first-order valence-electron chi connectivity index (χ1n) is 8.50. The van der Waals surface area contributed by atoms with E-state index in [1.54, 1.807) is 36.4 Å². The molecule has 1 amide bonds. The van der Waals surface area contributed by atoms with E-state index in [1.807, 2.05) is 13.0 Å². The normalized spacial score (nSPS) is 10.4. The van der Waals surface area contributed by atoms with Crippen LogP contribution in [0.25, 0.3) is 0 Å². The highest BCUT2D eigenvalue weighted by molar-refractivity contribution is 6.42. The van der Waals surface area contributed by atoms with E-state index in [9.17, 15) is 9.59 Å². The molecule has 0 fully saturated rings. The van der Waals surface area contributed by atoms with Gasteiger partial charge in [-0.2, -0.15) is 0 Å². The average molecular weight is 394 g/mol. The minimum absolute atomic E-state index is 0.116. The lowest BCUT2D eigenvalue weighted by Crippen LogP contribution is -2.12. The molecule has 2 rings (SSSR count). The second-order valence-corrected chi connectivity index (χ2v) is 6.68. The maximum Gasteiger partial charge on any atom is 0.338 e. The number of anilines is 1. The van der Waals surface area contributed by atoms with Gasteiger partial charge in [-0.05, 0) is 54.8 Å². The van der Waals surface area contributed by atoms with Crippen molar-refractivity contribution in [2.45, 2.75) is 32.6 Å². The molecular weight excluding hydrogens is 373 g/mol. The standard InChI is InChI=1S/C20H21Cl2NO3/c1-2-3-12-26-20(25)15-6-8-16(9-7-15)23-19(24)11-5-14-4-10-17(21)18(22)13-14/h4,6-10,13H,2-3,5,11-12H2,1H3,(H,23,24). The summed E-state index contributed by atoms with van der Waals surface area (Å²) in [5.41, 5.74) is 2.05. The number of ether oxygens (including phenoxy) is 1. The maximum atomic E-state index is 12.1. The predicted molar refractivity (Wildman–Crippen MR) is 105 cm³/mol. The van der Waals surface area contributed by atoms with Gasteiger partial charge in [0.2, 0.25) is 5.91 Å². The summed E-state index contributed by atoms with van der Waals surface area (Å²) < 4.78 is 5.15. The number of aryl methyl sites for hydroxylation is 1. The van der Waals surface area contributed by atoms with Gasteiger partial charge in [0, 0.05) is 12.1 Å². The van der Waals surface area contributed by atoms with Crippen molar-refractivity contribution >= 4 is 40.8 Å². The quantitative estimate of drug-likeness (QED) is 0.474. The third-order valence-electron chi connectivity index (χ3n) is 3.76. The van der Waals surface area contributed by atoms with Gasteiger partial charge in [0.05, 0.1) is 22.2 Å². The van der Waals surface area contributed by atoms with Crippen molar-refractivity contribution in [1.82, 2.24) is 0 Å². The molecule has 0 atom stereocenters. The van der Waals surface area contributed by atoms with E-state index in [2.05, 4.69) is 5.32 Å². The number of rotatable bonds is 8. The van der Waals surface area contributed by atoms with Crippen LogP contribution in [-0.2, 0) is 16.0 Å². The topological polar surface area (TPSA) is 55.4 Å². The molecule has 4 nitrogen and oxygen atoms in total. The van der Waals surface area contributed by atoms with Crippen LogP contribution >= 0.6 is 23.2 Å². The average Bonchev–Trinajstić information content (AvgIpc) is 2.63. The number of amides is 1. The Labute approximate surface area is 163 Å². The molecule has 0 bridgehead atoms. The molecule has 0 aliphatic rings. The van der Waals surface area contributed by atoms with Crippen molar-refractivity contribution in [2.24, 2.45) is 0 Å². The molecule has 0 saturated heterocycles. The minimum atomic E-state index is -0.351. The molecule has 6 heteroatoms. The Kier molecular flexibility index (Phi) is 7.95. The van der Waals surface area contributed by atoms with Crippen LogP contribution in [0.1, 0.15) is 42.1 Å². The van der Waals surface area contributed by atoms with Crippen LogP contribution in [0.15, 0.2) is 42.5 Å². The van der Waals surface area contributed by atoms with Gasteiger partial charge in [0.25, 0.3) is 0 Å². The summed E-state index contributed by atoms with van der Waals surface area (Å²) in [5.74, 6) is -0.467. The van der Waals surface area contributed by atoms with Crippen molar-refractivity contribution in [2.75, 3.05) is 11.9 Å². The largest absolute Gasteiger partial charge is 0.462 e. The van der Waals surface area contributed by atoms with Gasteiger partial charge in [0.1, 0.15) is 0 Å². The van der Waals surface area contributed by atoms with E-state index in [0.717, 1.165) is 18.4 Å². The molecule has 0 spiro atoms. The third-order valence-corrected chi connectivity index (χ3v) is 4.50. The Morgan fingerprint density at radius 1 is 1.04 bits per heavy atom. The first-order valence-corrected chi connectivity index (χ1v) is 9.26. The molecule has 26 heavy (non-hydrogen) atoms. The fraction of sp³-hybridized carbons (Fsp3) is 0.300. The Morgan fingerprint density at radius 3 is 2.42 bits per heavy atom. The molecule has 0 unspecified atom stereocenters. The van der Waals surface area contributed by atoms with Crippen molar-refractivity contribution < 1.29 is 14.3 Å². The zero-order valence-corrected chi connectivity index (χ0v) is 16.1. The van der Waals surface area contributed by atoms with Crippen LogP contribution in [0.4, 0.5) is 5.69 Å². The Morgan fingerprint density at radius 2 is 1.77 bits per heavy atom. The van der Waals surface area contributed by atoms with Crippen molar-refractivity contribution in [3.05, 3.63) is 63.6 Å². The highest BCUT2D eigenvalue weighted by Gasteiger charge is 2.08. The smallest absolute Gasteiger partial charge is 0.338 e. The van der Waals surface area contributed by atoms with Gasteiger partial charge in [0.15, 0.2) is 0 Å². The number of benzene rings is 2. The zero-order chi connectivity index (χ0) is 18.9. The third kappa shape index (κ3) is 6.36. The zero-order valence-electron chi connectivity index (χ0n) is 14.6. The highest BCUT2D eigenvalue weighted by Crippen LogP contribution is 2.23. The predicted octanol–water partition coefficient (Wildman–Crippen LogP) is 5.52. The highest BCUT2D eigenvalue weighted by atomic mass is 35.5. The fourth-order valence-corrected chi connectivity index (χ4v) is 2.58. The summed E-state index contributed by atoms with van der Waals surface area (Å²) in [6.45, 7) is 2.45. The summed E-state index contributed by atoms with van der Waals surface area (Å²) >= 11 is 11.8. The van der Waals surface area contributed by atoms with Gasteiger partial charge in [-0.15, -0.1) is 0 Å². The molecule has 0 saturated carbocycles. The molecule has 0 aliphatic carbocycles. The second-order valence-electron chi connectivity index (χ2n) is 5.86. The van der Waals surface area contributed by atoms with Crippen LogP contribution in [0.3, 0.4) is 0 Å². The molecule has 1 N–H and O–H groups in total. The number of hydrogen-bond donors (Lipinski definition) is 1. The molecule has 0 aromatic heterocycles. The fourth-order valence-electron chi connectivity index (χ4n) is 2.26. The van der Waals surface area contributed by atoms with Gasteiger partial charge < -0.3 is 10.1 Å². The van der Waals surface area contributed by atoms with Gasteiger partial charge in [-0.25, -0.2) is 4.79 Å². The van der Waals surface area contributed by atoms with E-state index in [4.69, 9.17) is 27.9 Å². The maximum absolute atomic E-state index is 12.1. The van der Waals surface area contributed by atoms with Gasteiger partial charge in [-0.3, -0.25) is 4.79 Å². The molecule has 2 aromatic rings. The number of carbonyl (C=O) groups is 2. The summed E-state index contributed by atoms with van der Waals surface area (Å²) in [4.78, 5) is 23.9. The Hall–Kier alpha value is -2.04. The monoisotopic (exact) mass is 393 g/mol. The van der Waals surface area contributed by atoms with E-state index >= 15 is 0 Å².